The Bertz CT molecular complexity index is 1220. The van der Waals surface area contributed by atoms with E-state index in [2.05, 4.69) is 32.2 Å². The lowest BCUT2D eigenvalue weighted by Gasteiger charge is -2.26. The van der Waals surface area contributed by atoms with Gasteiger partial charge in [0.25, 0.3) is 0 Å². The van der Waals surface area contributed by atoms with Crippen molar-refractivity contribution in [3.05, 3.63) is 48.5 Å². The van der Waals surface area contributed by atoms with Crippen LogP contribution in [0.2, 0.25) is 0 Å². The number of ether oxygens (including phenoxy) is 2. The summed E-state index contributed by atoms with van der Waals surface area (Å²) in [5.41, 5.74) is 2.24. The Hall–Kier alpha value is -2.86. The molecule has 2 atom stereocenters. The molecule has 0 spiro atoms. The Morgan fingerprint density at radius 2 is 1.88 bits per heavy atom. The zero-order valence-electron chi connectivity index (χ0n) is 19.0. The topological polar surface area (TPSA) is 122 Å². The van der Waals surface area contributed by atoms with E-state index in [-0.39, 0.29) is 11.0 Å². The SMILES string of the molecule is CC1CC(c2ncc(-c3ccnc(Nc4ccc(S(=O)(=O)N5CCOCC5)cc4)n3)[nH]2)CCO1. The summed E-state index contributed by atoms with van der Waals surface area (Å²) in [4.78, 5) is 17.1. The zero-order chi connectivity index (χ0) is 23.5. The fourth-order valence-corrected chi connectivity index (χ4v) is 5.67. The van der Waals surface area contributed by atoms with Crippen LogP contribution in [0.1, 0.15) is 31.5 Å². The van der Waals surface area contributed by atoms with Crippen LogP contribution in [0.5, 0.6) is 0 Å². The van der Waals surface area contributed by atoms with Gasteiger partial charge in [0, 0.05) is 37.5 Å². The maximum atomic E-state index is 12.8. The number of aromatic nitrogens is 4. The highest BCUT2D eigenvalue weighted by Crippen LogP contribution is 2.29. The molecule has 0 saturated carbocycles. The zero-order valence-corrected chi connectivity index (χ0v) is 19.8. The molecule has 5 rings (SSSR count). The van der Waals surface area contributed by atoms with Crippen LogP contribution >= 0.6 is 0 Å². The third kappa shape index (κ3) is 4.97. The molecule has 11 heteroatoms. The van der Waals surface area contributed by atoms with Gasteiger partial charge >= 0.3 is 0 Å². The van der Waals surface area contributed by atoms with Crippen molar-refractivity contribution in [2.24, 2.45) is 0 Å². The lowest BCUT2D eigenvalue weighted by molar-refractivity contribution is 0.0174. The van der Waals surface area contributed by atoms with E-state index in [9.17, 15) is 8.42 Å². The van der Waals surface area contributed by atoms with Crippen LogP contribution in [-0.4, -0.2) is 71.7 Å². The van der Waals surface area contributed by atoms with Crippen LogP contribution in [0.25, 0.3) is 11.4 Å². The largest absolute Gasteiger partial charge is 0.379 e. The average molecular weight is 485 g/mol. The Morgan fingerprint density at radius 1 is 1.09 bits per heavy atom. The lowest BCUT2D eigenvalue weighted by Crippen LogP contribution is -2.40. The Morgan fingerprint density at radius 3 is 2.65 bits per heavy atom. The van der Waals surface area contributed by atoms with Gasteiger partial charge in [0.1, 0.15) is 5.82 Å². The highest BCUT2D eigenvalue weighted by atomic mass is 32.2. The highest BCUT2D eigenvalue weighted by molar-refractivity contribution is 7.89. The Labute approximate surface area is 198 Å². The molecular formula is C23H28N6O4S. The van der Waals surface area contributed by atoms with Crippen molar-refractivity contribution in [2.75, 3.05) is 38.2 Å². The summed E-state index contributed by atoms with van der Waals surface area (Å²) in [6, 6.07) is 8.43. The van der Waals surface area contributed by atoms with Gasteiger partial charge in [-0.15, -0.1) is 0 Å². The lowest BCUT2D eigenvalue weighted by atomic mass is 9.96. The molecule has 2 unspecified atom stereocenters. The van der Waals surface area contributed by atoms with Crippen LogP contribution in [-0.2, 0) is 19.5 Å². The first-order valence-corrected chi connectivity index (χ1v) is 12.9. The third-order valence-corrected chi connectivity index (χ3v) is 8.03. The van der Waals surface area contributed by atoms with Gasteiger partial charge in [0.05, 0.1) is 41.8 Å². The number of sulfonamides is 1. The summed E-state index contributed by atoms with van der Waals surface area (Å²) in [5, 5.41) is 3.15. The van der Waals surface area contributed by atoms with Gasteiger partial charge in [-0.3, -0.25) is 0 Å². The summed E-state index contributed by atoms with van der Waals surface area (Å²) in [6.07, 6.45) is 5.61. The standard InChI is InChI=1S/C23H28N6O4S/c1-16-14-17(7-11-33-16)22-25-15-21(27-22)20-6-8-24-23(28-20)26-18-2-4-19(5-3-18)34(30,31)29-9-12-32-13-10-29/h2-6,8,15-17H,7,9-14H2,1H3,(H,25,27)(H,24,26,28). The molecule has 0 aliphatic carbocycles. The number of H-pyrrole nitrogens is 1. The maximum Gasteiger partial charge on any atom is 0.243 e. The van der Waals surface area contributed by atoms with Gasteiger partial charge in [-0.05, 0) is 50.1 Å². The number of benzene rings is 1. The number of imidazole rings is 1. The molecule has 0 amide bonds. The monoisotopic (exact) mass is 484 g/mol. The second-order valence-corrected chi connectivity index (χ2v) is 10.5. The molecule has 3 aromatic rings. The molecule has 10 nitrogen and oxygen atoms in total. The molecule has 180 valence electrons. The number of nitrogens with one attached hydrogen (secondary N) is 2. The van der Waals surface area contributed by atoms with Crippen molar-refractivity contribution < 1.29 is 17.9 Å². The number of aromatic amines is 1. The molecular weight excluding hydrogens is 456 g/mol. The first-order chi connectivity index (χ1) is 16.5. The fraction of sp³-hybridized carbons (Fsp3) is 0.435. The normalized spacial score (nSPS) is 21.9. The predicted molar refractivity (Wildman–Crippen MR) is 126 cm³/mol. The van der Waals surface area contributed by atoms with Crippen molar-refractivity contribution in [3.63, 3.8) is 0 Å². The van der Waals surface area contributed by atoms with Crippen LogP contribution in [0.4, 0.5) is 11.6 Å². The second kappa shape index (κ2) is 9.79. The van der Waals surface area contributed by atoms with E-state index in [1.165, 1.54) is 4.31 Å². The van der Waals surface area contributed by atoms with Gasteiger partial charge < -0.3 is 19.8 Å². The quantitative estimate of drug-likeness (QED) is 0.548. The maximum absolute atomic E-state index is 12.8. The minimum Gasteiger partial charge on any atom is -0.379 e. The smallest absolute Gasteiger partial charge is 0.243 e. The number of nitrogens with zero attached hydrogens (tertiary/aromatic N) is 4. The van der Waals surface area contributed by atoms with E-state index >= 15 is 0 Å². The molecule has 2 fully saturated rings. The number of hydrogen-bond acceptors (Lipinski definition) is 8. The Balaban J connectivity index is 1.28. The second-order valence-electron chi connectivity index (χ2n) is 8.52. The molecule has 2 aliphatic rings. The van der Waals surface area contributed by atoms with E-state index in [0.717, 1.165) is 36.7 Å². The third-order valence-electron chi connectivity index (χ3n) is 6.12. The molecule has 2 N–H and O–H groups in total. The average Bonchev–Trinajstić information content (AvgIpc) is 3.36. The summed E-state index contributed by atoms with van der Waals surface area (Å²) in [6.45, 7) is 4.40. The van der Waals surface area contributed by atoms with Crippen LogP contribution in [0.3, 0.4) is 0 Å². The van der Waals surface area contributed by atoms with E-state index in [0.29, 0.717) is 43.9 Å². The minimum absolute atomic E-state index is 0.234. The van der Waals surface area contributed by atoms with Crippen molar-refractivity contribution in [1.82, 2.24) is 24.2 Å². The molecule has 0 radical (unpaired) electrons. The number of hydrogen-bond donors (Lipinski definition) is 2. The van der Waals surface area contributed by atoms with E-state index < -0.39 is 10.0 Å². The first-order valence-electron chi connectivity index (χ1n) is 11.4. The van der Waals surface area contributed by atoms with Gasteiger partial charge in [-0.2, -0.15) is 4.31 Å². The summed E-state index contributed by atoms with van der Waals surface area (Å²) in [5.74, 6) is 1.72. The molecule has 2 aromatic heterocycles. The molecule has 0 bridgehead atoms. The number of rotatable bonds is 6. The van der Waals surface area contributed by atoms with Crippen molar-refractivity contribution >= 4 is 21.7 Å². The van der Waals surface area contributed by atoms with E-state index in [4.69, 9.17) is 9.47 Å². The minimum atomic E-state index is -3.53. The van der Waals surface area contributed by atoms with Crippen LogP contribution in [0.15, 0.2) is 47.6 Å². The fourth-order valence-electron chi connectivity index (χ4n) is 4.26. The summed E-state index contributed by atoms with van der Waals surface area (Å²) in [7, 11) is -3.53. The first kappa shape index (κ1) is 22.9. The molecule has 2 saturated heterocycles. The van der Waals surface area contributed by atoms with Crippen LogP contribution < -0.4 is 5.32 Å². The van der Waals surface area contributed by atoms with Crippen molar-refractivity contribution in [1.29, 1.82) is 0 Å². The molecule has 4 heterocycles. The van der Waals surface area contributed by atoms with E-state index in [1.54, 1.807) is 36.7 Å². The van der Waals surface area contributed by atoms with Crippen LogP contribution in [0, 0.1) is 0 Å². The van der Waals surface area contributed by atoms with Crippen molar-refractivity contribution in [2.45, 2.75) is 36.7 Å². The molecule has 2 aliphatic heterocycles. The van der Waals surface area contributed by atoms with Gasteiger partial charge in [0.2, 0.25) is 16.0 Å². The predicted octanol–water partition coefficient (Wildman–Crippen LogP) is 2.91. The molecule has 34 heavy (non-hydrogen) atoms. The summed E-state index contributed by atoms with van der Waals surface area (Å²) < 4.78 is 37.9. The van der Waals surface area contributed by atoms with Gasteiger partial charge in [-0.1, -0.05) is 0 Å². The van der Waals surface area contributed by atoms with E-state index in [1.807, 2.05) is 6.07 Å². The number of morpholine rings is 1. The van der Waals surface area contributed by atoms with Gasteiger partial charge in [-0.25, -0.2) is 23.4 Å². The molecule has 1 aromatic carbocycles. The highest BCUT2D eigenvalue weighted by Gasteiger charge is 2.26. The number of anilines is 2. The van der Waals surface area contributed by atoms with Crippen molar-refractivity contribution in [3.8, 4) is 11.4 Å². The Kier molecular flexibility index (Phi) is 6.59. The summed E-state index contributed by atoms with van der Waals surface area (Å²) >= 11 is 0. The van der Waals surface area contributed by atoms with Gasteiger partial charge in [0.15, 0.2) is 0 Å².